The second-order valence-corrected chi connectivity index (χ2v) is 9.61. The van der Waals surface area contributed by atoms with Gasteiger partial charge in [-0.1, -0.05) is 35.0 Å². The molecule has 3 rings (SSSR count). The highest BCUT2D eigenvalue weighted by Gasteiger charge is 2.30. The average molecular weight is 437 g/mol. The van der Waals surface area contributed by atoms with E-state index in [9.17, 15) is 8.42 Å². The molecule has 0 spiro atoms. The predicted molar refractivity (Wildman–Crippen MR) is 110 cm³/mol. The highest BCUT2D eigenvalue weighted by atomic mass is 79.9. The van der Waals surface area contributed by atoms with Crippen LogP contribution in [0.5, 0.6) is 0 Å². The van der Waals surface area contributed by atoms with Crippen LogP contribution < -0.4 is 4.90 Å². The van der Waals surface area contributed by atoms with Gasteiger partial charge in [0.15, 0.2) is 0 Å². The second kappa shape index (κ2) is 7.71. The summed E-state index contributed by atoms with van der Waals surface area (Å²) in [5.74, 6) is 0. The summed E-state index contributed by atoms with van der Waals surface area (Å²) in [5.41, 5.74) is 4.52. The molecule has 0 N–H and O–H groups in total. The van der Waals surface area contributed by atoms with Gasteiger partial charge in [-0.05, 0) is 61.2 Å². The van der Waals surface area contributed by atoms with E-state index in [-0.39, 0.29) is 0 Å². The maximum atomic E-state index is 13.1. The number of aryl methyl sites for hydroxylation is 3. The number of piperazine rings is 1. The van der Waals surface area contributed by atoms with Crippen molar-refractivity contribution in [1.82, 2.24) is 4.31 Å². The van der Waals surface area contributed by atoms with Crippen LogP contribution in [0.25, 0.3) is 0 Å². The Hall–Kier alpha value is -1.37. The molecule has 26 heavy (non-hydrogen) atoms. The van der Waals surface area contributed by atoms with Crippen LogP contribution in [-0.4, -0.2) is 38.9 Å². The summed E-state index contributed by atoms with van der Waals surface area (Å²) in [6.45, 7) is 8.61. The molecule has 0 aromatic heterocycles. The fourth-order valence-electron chi connectivity index (χ4n) is 3.44. The number of halogens is 1. The third kappa shape index (κ3) is 3.82. The van der Waals surface area contributed by atoms with Crippen molar-refractivity contribution in [2.24, 2.45) is 0 Å². The fourth-order valence-corrected chi connectivity index (χ4v) is 5.55. The third-order valence-electron chi connectivity index (χ3n) is 4.97. The largest absolute Gasteiger partial charge is 0.369 e. The lowest BCUT2D eigenvalue weighted by atomic mass is 10.1. The zero-order valence-electron chi connectivity index (χ0n) is 15.5. The van der Waals surface area contributed by atoms with E-state index in [1.807, 2.05) is 13.0 Å². The minimum atomic E-state index is -3.46. The fraction of sp³-hybridized carbons (Fsp3) is 0.400. The van der Waals surface area contributed by atoms with Gasteiger partial charge in [0.1, 0.15) is 0 Å². The third-order valence-corrected chi connectivity index (χ3v) is 7.46. The van der Waals surface area contributed by atoms with Crippen LogP contribution >= 0.6 is 15.9 Å². The predicted octanol–water partition coefficient (Wildman–Crippen LogP) is 4.14. The van der Waals surface area contributed by atoms with E-state index in [4.69, 9.17) is 0 Å². The summed E-state index contributed by atoms with van der Waals surface area (Å²) in [5, 5.41) is 0. The van der Waals surface area contributed by atoms with Gasteiger partial charge < -0.3 is 4.90 Å². The van der Waals surface area contributed by atoms with Gasteiger partial charge in [-0.25, -0.2) is 8.42 Å². The number of rotatable bonds is 4. The van der Waals surface area contributed by atoms with E-state index in [1.54, 1.807) is 16.4 Å². The van der Waals surface area contributed by atoms with E-state index in [2.05, 4.69) is 52.9 Å². The Morgan fingerprint density at radius 1 is 1.00 bits per heavy atom. The first-order valence-electron chi connectivity index (χ1n) is 8.93. The zero-order chi connectivity index (χ0) is 18.9. The zero-order valence-corrected chi connectivity index (χ0v) is 17.9. The summed E-state index contributed by atoms with van der Waals surface area (Å²) in [6, 6.07) is 11.8. The molecule has 4 nitrogen and oxygen atoms in total. The standard InChI is InChI=1S/C20H25BrN2O2S/c1-4-17-14-18(21)7-8-20(17)26(24,25)23-11-9-22(10-12-23)19-13-15(2)5-6-16(19)3/h5-8,13-14H,4,9-12H2,1-3H3. The van der Waals surface area contributed by atoms with Crippen LogP contribution in [-0.2, 0) is 16.4 Å². The minimum Gasteiger partial charge on any atom is -0.369 e. The monoisotopic (exact) mass is 436 g/mol. The van der Waals surface area contributed by atoms with Crippen LogP contribution in [0.4, 0.5) is 5.69 Å². The molecule has 2 aromatic rings. The second-order valence-electron chi connectivity index (χ2n) is 6.79. The van der Waals surface area contributed by atoms with Gasteiger partial charge in [-0.2, -0.15) is 4.31 Å². The van der Waals surface area contributed by atoms with Crippen molar-refractivity contribution in [2.45, 2.75) is 32.1 Å². The van der Waals surface area contributed by atoms with Gasteiger partial charge in [-0.3, -0.25) is 0 Å². The minimum absolute atomic E-state index is 0.434. The Labute approximate surface area is 165 Å². The highest BCUT2D eigenvalue weighted by Crippen LogP contribution is 2.27. The van der Waals surface area contributed by atoms with E-state index in [1.165, 1.54) is 16.8 Å². The molecule has 2 aromatic carbocycles. The molecular formula is C20H25BrN2O2S. The Balaban J connectivity index is 1.80. The van der Waals surface area contributed by atoms with E-state index in [0.29, 0.717) is 37.5 Å². The molecule has 0 amide bonds. The number of sulfonamides is 1. The molecule has 140 valence electrons. The van der Waals surface area contributed by atoms with Crippen molar-refractivity contribution >= 4 is 31.6 Å². The van der Waals surface area contributed by atoms with Crippen LogP contribution in [0.2, 0.25) is 0 Å². The van der Waals surface area contributed by atoms with E-state index < -0.39 is 10.0 Å². The molecule has 0 aliphatic carbocycles. The summed E-state index contributed by atoms with van der Waals surface area (Å²) in [4.78, 5) is 2.72. The van der Waals surface area contributed by atoms with Crippen molar-refractivity contribution < 1.29 is 8.42 Å². The molecule has 0 saturated carbocycles. The first kappa shape index (κ1) is 19.4. The normalized spacial score (nSPS) is 16.1. The van der Waals surface area contributed by atoms with Crippen LogP contribution in [0.3, 0.4) is 0 Å². The van der Waals surface area contributed by atoms with Crippen molar-refractivity contribution in [1.29, 1.82) is 0 Å². The first-order chi connectivity index (χ1) is 12.3. The van der Waals surface area contributed by atoms with Crippen molar-refractivity contribution in [3.63, 3.8) is 0 Å². The summed E-state index contributed by atoms with van der Waals surface area (Å²) in [6.07, 6.45) is 0.691. The molecule has 0 bridgehead atoms. The lowest BCUT2D eigenvalue weighted by Crippen LogP contribution is -2.49. The highest BCUT2D eigenvalue weighted by molar-refractivity contribution is 9.10. The molecule has 0 radical (unpaired) electrons. The number of hydrogen-bond acceptors (Lipinski definition) is 3. The summed E-state index contributed by atoms with van der Waals surface area (Å²) < 4.78 is 28.8. The van der Waals surface area contributed by atoms with Gasteiger partial charge in [0, 0.05) is 36.3 Å². The van der Waals surface area contributed by atoms with Crippen molar-refractivity contribution in [3.8, 4) is 0 Å². The van der Waals surface area contributed by atoms with Gasteiger partial charge in [0.05, 0.1) is 4.90 Å². The molecule has 6 heteroatoms. The van der Waals surface area contributed by atoms with Crippen LogP contribution in [0.15, 0.2) is 45.8 Å². The number of benzene rings is 2. The molecule has 0 unspecified atom stereocenters. The lowest BCUT2D eigenvalue weighted by molar-refractivity contribution is 0.384. The van der Waals surface area contributed by atoms with E-state index in [0.717, 1.165) is 10.0 Å². The average Bonchev–Trinajstić information content (AvgIpc) is 2.63. The first-order valence-corrected chi connectivity index (χ1v) is 11.2. The van der Waals surface area contributed by atoms with Crippen LogP contribution in [0, 0.1) is 13.8 Å². The number of nitrogens with zero attached hydrogens (tertiary/aromatic N) is 2. The molecule has 1 heterocycles. The van der Waals surface area contributed by atoms with Crippen molar-refractivity contribution in [2.75, 3.05) is 31.1 Å². The van der Waals surface area contributed by atoms with Gasteiger partial charge in [0.2, 0.25) is 10.0 Å². The number of anilines is 1. The quantitative estimate of drug-likeness (QED) is 0.722. The summed E-state index contributed by atoms with van der Waals surface area (Å²) >= 11 is 3.43. The SMILES string of the molecule is CCc1cc(Br)ccc1S(=O)(=O)N1CCN(c2cc(C)ccc2C)CC1. The Morgan fingerprint density at radius 2 is 1.69 bits per heavy atom. The Bertz CT molecular complexity index is 904. The molecule has 0 atom stereocenters. The Kier molecular flexibility index (Phi) is 5.75. The molecule has 1 aliphatic heterocycles. The smallest absolute Gasteiger partial charge is 0.243 e. The lowest BCUT2D eigenvalue weighted by Gasteiger charge is -2.36. The van der Waals surface area contributed by atoms with E-state index >= 15 is 0 Å². The molecular weight excluding hydrogens is 412 g/mol. The number of hydrogen-bond donors (Lipinski definition) is 0. The summed E-state index contributed by atoms with van der Waals surface area (Å²) in [7, 11) is -3.46. The molecule has 1 saturated heterocycles. The van der Waals surface area contributed by atoms with Crippen molar-refractivity contribution in [3.05, 3.63) is 57.6 Å². The van der Waals surface area contributed by atoms with Gasteiger partial charge >= 0.3 is 0 Å². The maximum absolute atomic E-state index is 13.1. The molecule has 1 aliphatic rings. The topological polar surface area (TPSA) is 40.6 Å². The Morgan fingerprint density at radius 3 is 2.35 bits per heavy atom. The molecule has 1 fully saturated rings. The maximum Gasteiger partial charge on any atom is 0.243 e. The van der Waals surface area contributed by atoms with Gasteiger partial charge in [0.25, 0.3) is 0 Å². The van der Waals surface area contributed by atoms with Crippen LogP contribution in [0.1, 0.15) is 23.6 Å². The van der Waals surface area contributed by atoms with Gasteiger partial charge in [-0.15, -0.1) is 0 Å².